The molecule has 1 aromatic heterocycles. The summed E-state index contributed by atoms with van der Waals surface area (Å²) in [4.78, 5) is 4.83. The van der Waals surface area contributed by atoms with E-state index in [1.165, 1.54) is 29.7 Å². The van der Waals surface area contributed by atoms with Crippen LogP contribution in [0.25, 0.3) is 11.0 Å². The number of rotatable bonds is 3. The number of fused-ring (bicyclic) bond motifs is 1. The molecule has 1 fully saturated rings. The van der Waals surface area contributed by atoms with E-state index in [1.54, 1.807) is 0 Å². The molecule has 2 aromatic carbocycles. The van der Waals surface area contributed by atoms with E-state index in [-0.39, 0.29) is 0 Å². The highest BCUT2D eigenvalue weighted by Crippen LogP contribution is 2.40. The maximum absolute atomic E-state index is 4.83. The van der Waals surface area contributed by atoms with Crippen molar-refractivity contribution in [2.45, 2.75) is 25.3 Å². The molecule has 1 saturated carbocycles. The molecule has 0 N–H and O–H groups in total. The molecule has 0 atom stereocenters. The van der Waals surface area contributed by atoms with Crippen molar-refractivity contribution in [3.8, 4) is 0 Å². The maximum Gasteiger partial charge on any atom is 0.113 e. The summed E-state index contributed by atoms with van der Waals surface area (Å²) in [6.45, 7) is 0.924. The normalized spacial score (nSPS) is 14.9. The van der Waals surface area contributed by atoms with Crippen molar-refractivity contribution in [3.63, 3.8) is 0 Å². The Morgan fingerprint density at radius 1 is 0.947 bits per heavy atom. The predicted octanol–water partition coefficient (Wildman–Crippen LogP) is 3.96. The van der Waals surface area contributed by atoms with Crippen LogP contribution in [-0.4, -0.2) is 9.55 Å². The molecule has 19 heavy (non-hydrogen) atoms. The average Bonchev–Trinajstić information content (AvgIpc) is 3.24. The minimum absolute atomic E-state index is 0.677. The van der Waals surface area contributed by atoms with Crippen molar-refractivity contribution in [3.05, 3.63) is 66.0 Å². The van der Waals surface area contributed by atoms with Gasteiger partial charge in [-0.1, -0.05) is 42.5 Å². The molecule has 2 nitrogen and oxygen atoms in total. The van der Waals surface area contributed by atoms with Gasteiger partial charge in [-0.25, -0.2) is 4.98 Å². The Hall–Kier alpha value is -2.09. The Bertz CT molecular complexity index is 708. The van der Waals surface area contributed by atoms with Crippen LogP contribution in [0.15, 0.2) is 54.6 Å². The summed E-state index contributed by atoms with van der Waals surface area (Å²) in [5.41, 5.74) is 3.72. The topological polar surface area (TPSA) is 17.8 Å². The zero-order valence-corrected chi connectivity index (χ0v) is 10.8. The van der Waals surface area contributed by atoms with Crippen molar-refractivity contribution < 1.29 is 0 Å². The molecule has 94 valence electrons. The van der Waals surface area contributed by atoms with Crippen LogP contribution in [0.2, 0.25) is 0 Å². The number of benzene rings is 2. The van der Waals surface area contributed by atoms with E-state index < -0.39 is 0 Å². The van der Waals surface area contributed by atoms with Crippen molar-refractivity contribution in [2.24, 2.45) is 0 Å². The van der Waals surface area contributed by atoms with Crippen LogP contribution in [0.4, 0.5) is 0 Å². The van der Waals surface area contributed by atoms with Crippen molar-refractivity contribution in [1.29, 1.82) is 0 Å². The lowest BCUT2D eigenvalue weighted by molar-refractivity contribution is 0.747. The smallest absolute Gasteiger partial charge is 0.113 e. The first-order valence-electron chi connectivity index (χ1n) is 6.91. The van der Waals surface area contributed by atoms with Gasteiger partial charge in [-0.2, -0.15) is 0 Å². The van der Waals surface area contributed by atoms with Crippen molar-refractivity contribution in [2.75, 3.05) is 0 Å². The van der Waals surface area contributed by atoms with E-state index in [4.69, 9.17) is 4.98 Å². The van der Waals surface area contributed by atoms with Gasteiger partial charge in [0.15, 0.2) is 0 Å². The van der Waals surface area contributed by atoms with Gasteiger partial charge in [0.1, 0.15) is 5.82 Å². The number of nitrogens with zero attached hydrogens (tertiary/aromatic N) is 2. The Morgan fingerprint density at radius 3 is 2.47 bits per heavy atom. The molecular formula is C17H16N2. The molecule has 0 unspecified atom stereocenters. The number of para-hydroxylation sites is 2. The van der Waals surface area contributed by atoms with E-state index in [0.29, 0.717) is 5.92 Å². The molecule has 0 spiro atoms. The SMILES string of the molecule is c1ccc(Cn2c(C3CC3)nc3ccccc32)cc1. The second-order valence-corrected chi connectivity index (χ2v) is 5.30. The number of hydrogen-bond acceptors (Lipinski definition) is 1. The Labute approximate surface area is 112 Å². The molecule has 3 aromatic rings. The lowest BCUT2D eigenvalue weighted by Crippen LogP contribution is -2.04. The van der Waals surface area contributed by atoms with Gasteiger partial charge in [0.05, 0.1) is 11.0 Å². The van der Waals surface area contributed by atoms with E-state index in [1.807, 2.05) is 0 Å². The highest BCUT2D eigenvalue weighted by atomic mass is 15.1. The van der Waals surface area contributed by atoms with Gasteiger partial charge in [-0.15, -0.1) is 0 Å². The molecule has 1 aliphatic rings. The first kappa shape index (κ1) is 10.8. The van der Waals surface area contributed by atoms with E-state index in [2.05, 4.69) is 59.2 Å². The molecule has 2 heteroatoms. The molecule has 0 amide bonds. The van der Waals surface area contributed by atoms with Gasteiger partial charge < -0.3 is 4.57 Å². The quantitative estimate of drug-likeness (QED) is 0.686. The molecule has 0 aliphatic heterocycles. The van der Waals surface area contributed by atoms with Crippen LogP contribution in [0, 0.1) is 0 Å². The van der Waals surface area contributed by atoms with Gasteiger partial charge in [-0.3, -0.25) is 0 Å². The minimum Gasteiger partial charge on any atom is -0.323 e. The second-order valence-electron chi connectivity index (χ2n) is 5.30. The van der Waals surface area contributed by atoms with Gasteiger partial charge in [0.2, 0.25) is 0 Å². The highest BCUT2D eigenvalue weighted by Gasteiger charge is 2.29. The van der Waals surface area contributed by atoms with E-state index in [9.17, 15) is 0 Å². The first-order valence-corrected chi connectivity index (χ1v) is 6.91. The summed E-state index contributed by atoms with van der Waals surface area (Å²) in [5.74, 6) is 1.95. The average molecular weight is 248 g/mol. The molecule has 0 bridgehead atoms. The highest BCUT2D eigenvalue weighted by molar-refractivity contribution is 5.76. The third-order valence-corrected chi connectivity index (χ3v) is 3.81. The summed E-state index contributed by atoms with van der Waals surface area (Å²) in [6.07, 6.45) is 2.58. The van der Waals surface area contributed by atoms with Crippen LogP contribution in [0.5, 0.6) is 0 Å². The Kier molecular flexibility index (Phi) is 2.41. The fraction of sp³-hybridized carbons (Fsp3) is 0.235. The van der Waals surface area contributed by atoms with Crippen molar-refractivity contribution >= 4 is 11.0 Å². The van der Waals surface area contributed by atoms with Crippen LogP contribution in [0.3, 0.4) is 0 Å². The van der Waals surface area contributed by atoms with Gasteiger partial charge in [0, 0.05) is 12.5 Å². The number of hydrogen-bond donors (Lipinski definition) is 0. The van der Waals surface area contributed by atoms with Crippen molar-refractivity contribution in [1.82, 2.24) is 9.55 Å². The molecule has 4 rings (SSSR count). The maximum atomic E-state index is 4.83. The molecule has 0 radical (unpaired) electrons. The van der Waals surface area contributed by atoms with Gasteiger partial charge in [0.25, 0.3) is 0 Å². The molecule has 0 saturated heterocycles. The molecular weight excluding hydrogens is 232 g/mol. The summed E-state index contributed by atoms with van der Waals surface area (Å²) in [5, 5.41) is 0. The minimum atomic E-state index is 0.677. The van der Waals surface area contributed by atoms with Crippen LogP contribution >= 0.6 is 0 Å². The number of imidazole rings is 1. The van der Waals surface area contributed by atoms with E-state index in [0.717, 1.165) is 12.1 Å². The third-order valence-electron chi connectivity index (χ3n) is 3.81. The summed E-state index contributed by atoms with van der Waals surface area (Å²) < 4.78 is 2.39. The summed E-state index contributed by atoms with van der Waals surface area (Å²) >= 11 is 0. The zero-order valence-electron chi connectivity index (χ0n) is 10.8. The fourth-order valence-corrected chi connectivity index (χ4v) is 2.68. The molecule has 1 heterocycles. The zero-order chi connectivity index (χ0) is 12.7. The second kappa shape index (κ2) is 4.23. The largest absolute Gasteiger partial charge is 0.323 e. The molecule has 1 aliphatic carbocycles. The number of aromatic nitrogens is 2. The van der Waals surface area contributed by atoms with E-state index >= 15 is 0 Å². The van der Waals surface area contributed by atoms with Gasteiger partial charge in [-0.05, 0) is 30.5 Å². The van der Waals surface area contributed by atoms with Crippen LogP contribution < -0.4 is 0 Å². The predicted molar refractivity (Wildman–Crippen MR) is 77.3 cm³/mol. The van der Waals surface area contributed by atoms with Crippen LogP contribution in [-0.2, 0) is 6.54 Å². The fourth-order valence-electron chi connectivity index (χ4n) is 2.68. The van der Waals surface area contributed by atoms with Crippen LogP contribution in [0.1, 0.15) is 30.1 Å². The lowest BCUT2D eigenvalue weighted by Gasteiger charge is -2.08. The lowest BCUT2D eigenvalue weighted by atomic mass is 10.2. The standard InChI is InChI=1S/C17H16N2/c1-2-6-13(7-3-1)12-19-16-9-5-4-8-15(16)18-17(19)14-10-11-14/h1-9,14H,10-12H2. The summed E-state index contributed by atoms with van der Waals surface area (Å²) in [7, 11) is 0. The Morgan fingerprint density at radius 2 is 1.68 bits per heavy atom. The summed E-state index contributed by atoms with van der Waals surface area (Å²) in [6, 6.07) is 19.1. The monoisotopic (exact) mass is 248 g/mol. The first-order chi connectivity index (χ1) is 9.42. The third kappa shape index (κ3) is 1.93. The van der Waals surface area contributed by atoms with Gasteiger partial charge >= 0.3 is 0 Å². The Balaban J connectivity index is 1.84.